The van der Waals surface area contributed by atoms with Gasteiger partial charge in [0.1, 0.15) is 5.75 Å². The van der Waals surface area contributed by atoms with Crippen molar-refractivity contribution in [2.45, 2.75) is 19.3 Å². The minimum absolute atomic E-state index is 0.0963. The molecule has 26 heavy (non-hydrogen) atoms. The third kappa shape index (κ3) is 4.36. The Morgan fingerprint density at radius 1 is 0.962 bits per heavy atom. The number of nitrogens with zero attached hydrogens (tertiary/aromatic N) is 3. The predicted molar refractivity (Wildman–Crippen MR) is 100.0 cm³/mol. The van der Waals surface area contributed by atoms with Gasteiger partial charge in [-0.2, -0.15) is 0 Å². The van der Waals surface area contributed by atoms with Gasteiger partial charge < -0.3 is 9.64 Å². The minimum atomic E-state index is -0.0963. The second-order valence-corrected chi connectivity index (χ2v) is 6.52. The summed E-state index contributed by atoms with van der Waals surface area (Å²) in [4.78, 5) is 29.4. The molecular formula is C20H25N3O3. The Morgan fingerprint density at radius 3 is 2.31 bits per heavy atom. The van der Waals surface area contributed by atoms with E-state index in [2.05, 4.69) is 27.7 Å². The Labute approximate surface area is 154 Å². The number of benzene rings is 1. The Kier molecular flexibility index (Phi) is 6.13. The van der Waals surface area contributed by atoms with Crippen molar-refractivity contribution >= 4 is 17.5 Å². The maximum atomic E-state index is 11.7. The van der Waals surface area contributed by atoms with E-state index in [0.717, 1.165) is 37.6 Å². The molecule has 1 aromatic carbocycles. The zero-order valence-electron chi connectivity index (χ0n) is 15.2. The first-order valence-corrected chi connectivity index (χ1v) is 9.08. The lowest BCUT2D eigenvalue weighted by Gasteiger charge is -2.35. The molecule has 6 heteroatoms. The van der Waals surface area contributed by atoms with E-state index < -0.39 is 0 Å². The fourth-order valence-corrected chi connectivity index (χ4v) is 3.32. The highest BCUT2D eigenvalue weighted by molar-refractivity contribution is 5.97. The van der Waals surface area contributed by atoms with Crippen molar-refractivity contribution in [2.24, 2.45) is 0 Å². The third-order valence-electron chi connectivity index (χ3n) is 4.85. The van der Waals surface area contributed by atoms with Crippen LogP contribution in [0.1, 0.15) is 19.3 Å². The zero-order chi connectivity index (χ0) is 18.4. The summed E-state index contributed by atoms with van der Waals surface area (Å²) in [5, 5.41) is 0. The van der Waals surface area contributed by atoms with Gasteiger partial charge in [-0.1, -0.05) is 24.0 Å². The summed E-state index contributed by atoms with van der Waals surface area (Å²) in [7, 11) is 1.70. The van der Waals surface area contributed by atoms with E-state index in [4.69, 9.17) is 4.74 Å². The summed E-state index contributed by atoms with van der Waals surface area (Å²) in [6.45, 7) is 4.58. The Balaban J connectivity index is 1.46. The van der Waals surface area contributed by atoms with Crippen LogP contribution in [0, 0.1) is 11.8 Å². The van der Waals surface area contributed by atoms with Gasteiger partial charge in [-0.05, 0) is 18.6 Å². The number of hydrogen-bond acceptors (Lipinski definition) is 5. The van der Waals surface area contributed by atoms with Crippen LogP contribution in [0.15, 0.2) is 24.3 Å². The van der Waals surface area contributed by atoms with Gasteiger partial charge >= 0.3 is 0 Å². The second kappa shape index (κ2) is 8.72. The highest BCUT2D eigenvalue weighted by atomic mass is 16.5. The van der Waals surface area contributed by atoms with Crippen LogP contribution in [-0.4, -0.2) is 68.0 Å². The van der Waals surface area contributed by atoms with Crippen molar-refractivity contribution in [2.75, 3.05) is 51.3 Å². The molecule has 2 saturated heterocycles. The van der Waals surface area contributed by atoms with Crippen molar-refractivity contribution in [3.8, 4) is 17.6 Å². The van der Waals surface area contributed by atoms with Crippen molar-refractivity contribution in [3.05, 3.63) is 24.3 Å². The monoisotopic (exact) mass is 355 g/mol. The molecule has 0 N–H and O–H groups in total. The summed E-state index contributed by atoms with van der Waals surface area (Å²) in [5.41, 5.74) is 1.13. The summed E-state index contributed by atoms with van der Waals surface area (Å²) < 4.78 is 5.44. The molecule has 2 heterocycles. The number of ether oxygens (including phenoxy) is 1. The molecule has 2 aliphatic heterocycles. The Hall–Kier alpha value is -2.52. The average molecular weight is 355 g/mol. The van der Waals surface area contributed by atoms with E-state index in [1.807, 2.05) is 18.2 Å². The average Bonchev–Trinajstić information content (AvgIpc) is 2.67. The predicted octanol–water partition coefficient (Wildman–Crippen LogP) is 1.36. The molecule has 1 aromatic rings. The van der Waals surface area contributed by atoms with E-state index in [0.29, 0.717) is 25.8 Å². The molecule has 0 bridgehead atoms. The zero-order valence-corrected chi connectivity index (χ0v) is 15.2. The highest BCUT2D eigenvalue weighted by Crippen LogP contribution is 2.28. The number of anilines is 1. The number of carbonyl (C=O) groups is 2. The fourth-order valence-electron chi connectivity index (χ4n) is 3.32. The normalized spacial score (nSPS) is 18.5. The minimum Gasteiger partial charge on any atom is -0.495 e. The van der Waals surface area contributed by atoms with Crippen molar-refractivity contribution < 1.29 is 14.3 Å². The van der Waals surface area contributed by atoms with Crippen LogP contribution >= 0.6 is 0 Å². The van der Waals surface area contributed by atoms with Crippen LogP contribution in [0.2, 0.25) is 0 Å². The van der Waals surface area contributed by atoms with E-state index in [1.165, 1.54) is 4.90 Å². The van der Waals surface area contributed by atoms with Gasteiger partial charge in [0.15, 0.2) is 0 Å². The first kappa shape index (κ1) is 18.3. The Bertz CT molecular complexity index is 699. The lowest BCUT2D eigenvalue weighted by Crippen LogP contribution is -2.46. The lowest BCUT2D eigenvalue weighted by atomic mass is 10.1. The van der Waals surface area contributed by atoms with Crippen LogP contribution in [0.25, 0.3) is 0 Å². The fraction of sp³-hybridized carbons (Fsp3) is 0.500. The topological polar surface area (TPSA) is 53.1 Å². The van der Waals surface area contributed by atoms with Crippen LogP contribution in [-0.2, 0) is 9.59 Å². The molecular weight excluding hydrogens is 330 g/mol. The van der Waals surface area contributed by atoms with Gasteiger partial charge in [-0.15, -0.1) is 0 Å². The number of amides is 2. The largest absolute Gasteiger partial charge is 0.495 e. The van der Waals surface area contributed by atoms with Crippen LogP contribution in [0.3, 0.4) is 0 Å². The number of imide groups is 1. The summed E-state index contributed by atoms with van der Waals surface area (Å²) in [6, 6.07) is 8.07. The number of para-hydroxylation sites is 2. The van der Waals surface area contributed by atoms with E-state index in [9.17, 15) is 9.59 Å². The molecule has 0 spiro atoms. The first-order chi connectivity index (χ1) is 12.7. The number of methoxy groups -OCH3 is 1. The third-order valence-corrected chi connectivity index (χ3v) is 4.85. The van der Waals surface area contributed by atoms with Gasteiger partial charge in [0.2, 0.25) is 11.8 Å². The van der Waals surface area contributed by atoms with Crippen molar-refractivity contribution in [1.29, 1.82) is 0 Å². The first-order valence-electron chi connectivity index (χ1n) is 9.08. The summed E-state index contributed by atoms with van der Waals surface area (Å²) in [6.07, 6.45) is 1.58. The summed E-state index contributed by atoms with van der Waals surface area (Å²) in [5.74, 6) is 6.80. The molecule has 0 aliphatic carbocycles. The second-order valence-electron chi connectivity index (χ2n) is 6.52. The van der Waals surface area contributed by atoms with Gasteiger partial charge in [0, 0.05) is 39.0 Å². The van der Waals surface area contributed by atoms with Gasteiger partial charge in [0.25, 0.3) is 0 Å². The van der Waals surface area contributed by atoms with Gasteiger partial charge in [0.05, 0.1) is 25.9 Å². The van der Waals surface area contributed by atoms with Crippen LogP contribution in [0.4, 0.5) is 5.69 Å². The van der Waals surface area contributed by atoms with Crippen LogP contribution < -0.4 is 9.64 Å². The van der Waals surface area contributed by atoms with E-state index in [1.54, 1.807) is 7.11 Å². The number of rotatable bonds is 4. The lowest BCUT2D eigenvalue weighted by molar-refractivity contribution is -0.147. The molecule has 0 atom stereocenters. The molecule has 3 rings (SSSR count). The quantitative estimate of drug-likeness (QED) is 0.603. The SMILES string of the molecule is COc1ccccc1N1CCN(CC#CCN2C(=O)CCCC2=O)CC1. The van der Waals surface area contributed by atoms with Crippen molar-refractivity contribution in [3.63, 3.8) is 0 Å². The van der Waals surface area contributed by atoms with Gasteiger partial charge in [-0.25, -0.2) is 0 Å². The maximum absolute atomic E-state index is 11.7. The number of hydrogen-bond donors (Lipinski definition) is 0. The number of likely N-dealkylation sites (tertiary alicyclic amines) is 1. The number of piperidine rings is 1. The van der Waals surface area contributed by atoms with E-state index >= 15 is 0 Å². The maximum Gasteiger partial charge on any atom is 0.230 e. The molecule has 0 radical (unpaired) electrons. The molecule has 6 nitrogen and oxygen atoms in total. The molecule has 0 unspecified atom stereocenters. The molecule has 2 fully saturated rings. The van der Waals surface area contributed by atoms with Gasteiger partial charge in [-0.3, -0.25) is 19.4 Å². The standard InChI is InChI=1S/C20H25N3O3/c1-26-18-8-3-2-7-17(18)22-15-13-21(14-16-22)11-4-5-12-23-19(24)9-6-10-20(23)25/h2-3,7-8H,6,9-16H2,1H3. The van der Waals surface area contributed by atoms with Crippen LogP contribution in [0.5, 0.6) is 5.75 Å². The molecule has 2 aliphatic rings. The molecule has 0 aromatic heterocycles. The number of piperazine rings is 1. The van der Waals surface area contributed by atoms with E-state index in [-0.39, 0.29) is 18.4 Å². The molecule has 138 valence electrons. The molecule has 2 amide bonds. The molecule has 0 saturated carbocycles. The Morgan fingerprint density at radius 2 is 1.62 bits per heavy atom. The summed E-state index contributed by atoms with van der Waals surface area (Å²) >= 11 is 0. The number of carbonyl (C=O) groups excluding carboxylic acids is 2. The smallest absolute Gasteiger partial charge is 0.230 e. The highest BCUT2D eigenvalue weighted by Gasteiger charge is 2.24. The van der Waals surface area contributed by atoms with Crippen molar-refractivity contribution in [1.82, 2.24) is 9.80 Å².